The molecule has 3 nitrogen and oxygen atoms in total. The summed E-state index contributed by atoms with van der Waals surface area (Å²) in [6.45, 7) is 3.04. The number of hydrogen-bond donors (Lipinski definition) is 1. The van der Waals surface area contributed by atoms with Crippen molar-refractivity contribution < 1.29 is 4.79 Å². The van der Waals surface area contributed by atoms with Crippen molar-refractivity contribution in [1.29, 1.82) is 0 Å². The molecule has 0 aliphatic rings. The Kier molecular flexibility index (Phi) is 5.19. The molecule has 1 aromatic carbocycles. The van der Waals surface area contributed by atoms with Gasteiger partial charge in [0.2, 0.25) is 5.91 Å². The van der Waals surface area contributed by atoms with Crippen molar-refractivity contribution in [3.05, 3.63) is 24.3 Å². The first-order chi connectivity index (χ1) is 7.67. The normalized spacial score (nSPS) is 9.94. The van der Waals surface area contributed by atoms with Gasteiger partial charge in [0.15, 0.2) is 0 Å². The van der Waals surface area contributed by atoms with Crippen LogP contribution in [0.1, 0.15) is 6.92 Å². The predicted octanol–water partition coefficient (Wildman–Crippen LogP) is 2.44. The Bertz CT molecular complexity index is 355. The quantitative estimate of drug-likeness (QED) is 0.855. The van der Waals surface area contributed by atoms with Crippen LogP contribution in [0.3, 0.4) is 0 Å². The van der Waals surface area contributed by atoms with Gasteiger partial charge in [0.25, 0.3) is 0 Å². The lowest BCUT2D eigenvalue weighted by Crippen LogP contribution is -2.17. The molecule has 16 heavy (non-hydrogen) atoms. The second-order valence-electron chi connectivity index (χ2n) is 3.55. The van der Waals surface area contributed by atoms with Crippen LogP contribution in [0.2, 0.25) is 0 Å². The lowest BCUT2D eigenvalue weighted by atomic mass is 10.2. The molecule has 0 saturated carbocycles. The molecule has 0 heterocycles. The van der Waals surface area contributed by atoms with E-state index in [-0.39, 0.29) is 5.91 Å². The summed E-state index contributed by atoms with van der Waals surface area (Å²) in [5.74, 6) is 0.539. The van der Waals surface area contributed by atoms with E-state index in [2.05, 4.69) is 17.1 Å². The highest BCUT2D eigenvalue weighted by molar-refractivity contribution is 7.99. The van der Waals surface area contributed by atoms with Gasteiger partial charge in [-0.25, -0.2) is 0 Å². The molecule has 1 N–H and O–H groups in total. The number of nitrogens with one attached hydrogen (secondary N) is 1. The van der Waals surface area contributed by atoms with Gasteiger partial charge >= 0.3 is 0 Å². The van der Waals surface area contributed by atoms with E-state index in [4.69, 9.17) is 0 Å². The Balaban J connectivity index is 2.71. The van der Waals surface area contributed by atoms with E-state index in [0.717, 1.165) is 17.9 Å². The molecule has 0 spiro atoms. The zero-order valence-corrected chi connectivity index (χ0v) is 10.8. The van der Waals surface area contributed by atoms with Gasteiger partial charge in [-0.05, 0) is 31.4 Å². The molecule has 1 amide bonds. The number of benzene rings is 1. The zero-order chi connectivity index (χ0) is 12.0. The van der Waals surface area contributed by atoms with Gasteiger partial charge in [-0.1, -0.05) is 6.07 Å². The van der Waals surface area contributed by atoms with Crippen molar-refractivity contribution in [2.75, 3.05) is 35.8 Å². The smallest absolute Gasteiger partial charge is 0.234 e. The van der Waals surface area contributed by atoms with Gasteiger partial charge in [0.1, 0.15) is 0 Å². The fourth-order valence-corrected chi connectivity index (χ4v) is 1.67. The molecule has 1 aromatic rings. The maximum absolute atomic E-state index is 11.4. The van der Waals surface area contributed by atoms with E-state index >= 15 is 0 Å². The summed E-state index contributed by atoms with van der Waals surface area (Å²) in [6, 6.07) is 7.89. The molecule has 0 aromatic heterocycles. The molecule has 0 fully saturated rings. The van der Waals surface area contributed by atoms with Crippen LogP contribution in [0.5, 0.6) is 0 Å². The number of carbonyl (C=O) groups is 1. The summed E-state index contributed by atoms with van der Waals surface area (Å²) in [7, 11) is 2.03. The van der Waals surface area contributed by atoms with E-state index in [1.165, 1.54) is 11.8 Å². The summed E-state index contributed by atoms with van der Waals surface area (Å²) in [6.07, 6.45) is 1.92. The molecule has 4 heteroatoms. The summed E-state index contributed by atoms with van der Waals surface area (Å²) < 4.78 is 0. The Morgan fingerprint density at radius 3 is 2.88 bits per heavy atom. The predicted molar refractivity (Wildman–Crippen MR) is 72.4 cm³/mol. The molecule has 0 atom stereocenters. The summed E-state index contributed by atoms with van der Waals surface area (Å²) >= 11 is 1.52. The van der Waals surface area contributed by atoms with E-state index < -0.39 is 0 Å². The first kappa shape index (κ1) is 12.9. The SMILES string of the molecule is CCN(C)c1cccc(NC(=O)CSC)c1. The van der Waals surface area contributed by atoms with Crippen LogP contribution in [-0.4, -0.2) is 31.5 Å². The first-order valence-electron chi connectivity index (χ1n) is 5.27. The number of nitrogens with zero attached hydrogens (tertiary/aromatic N) is 1. The Hall–Kier alpha value is -1.16. The number of amides is 1. The van der Waals surface area contributed by atoms with E-state index in [1.807, 2.05) is 37.6 Å². The summed E-state index contributed by atoms with van der Waals surface area (Å²) in [5.41, 5.74) is 1.97. The van der Waals surface area contributed by atoms with E-state index in [1.54, 1.807) is 0 Å². The van der Waals surface area contributed by atoms with Crippen LogP contribution in [0.25, 0.3) is 0 Å². The van der Waals surface area contributed by atoms with Crippen molar-refractivity contribution in [3.8, 4) is 0 Å². The van der Waals surface area contributed by atoms with Crippen LogP contribution >= 0.6 is 11.8 Å². The van der Waals surface area contributed by atoms with Gasteiger partial charge < -0.3 is 10.2 Å². The Labute approximate surface area is 101 Å². The average molecular weight is 238 g/mol. The average Bonchev–Trinajstić information content (AvgIpc) is 2.28. The topological polar surface area (TPSA) is 32.3 Å². The fraction of sp³-hybridized carbons (Fsp3) is 0.417. The fourth-order valence-electron chi connectivity index (χ4n) is 1.33. The lowest BCUT2D eigenvalue weighted by Gasteiger charge is -2.17. The third-order valence-corrected chi connectivity index (χ3v) is 2.87. The van der Waals surface area contributed by atoms with Crippen molar-refractivity contribution in [3.63, 3.8) is 0 Å². The number of anilines is 2. The zero-order valence-electron chi connectivity index (χ0n) is 9.99. The van der Waals surface area contributed by atoms with Gasteiger partial charge in [-0.15, -0.1) is 0 Å². The lowest BCUT2D eigenvalue weighted by molar-refractivity contribution is -0.113. The minimum Gasteiger partial charge on any atom is -0.375 e. The van der Waals surface area contributed by atoms with Crippen molar-refractivity contribution in [2.45, 2.75) is 6.92 Å². The number of thioether (sulfide) groups is 1. The summed E-state index contributed by atoms with van der Waals surface area (Å²) in [4.78, 5) is 13.5. The highest BCUT2D eigenvalue weighted by Gasteiger charge is 2.03. The molecular formula is C12H18N2OS. The van der Waals surface area contributed by atoms with E-state index in [9.17, 15) is 4.79 Å². The Morgan fingerprint density at radius 2 is 2.25 bits per heavy atom. The van der Waals surface area contributed by atoms with Crippen LogP contribution < -0.4 is 10.2 Å². The molecule has 0 radical (unpaired) electrons. The number of carbonyl (C=O) groups excluding carboxylic acids is 1. The number of rotatable bonds is 5. The molecule has 0 bridgehead atoms. The third-order valence-electron chi connectivity index (χ3n) is 2.32. The second kappa shape index (κ2) is 6.43. The van der Waals surface area contributed by atoms with Gasteiger partial charge in [0, 0.05) is 25.0 Å². The molecule has 0 saturated heterocycles. The monoisotopic (exact) mass is 238 g/mol. The third kappa shape index (κ3) is 3.77. The molecule has 1 rings (SSSR count). The summed E-state index contributed by atoms with van der Waals surface area (Å²) in [5, 5.41) is 2.88. The van der Waals surface area contributed by atoms with E-state index in [0.29, 0.717) is 5.75 Å². The molecular weight excluding hydrogens is 220 g/mol. The number of hydrogen-bond acceptors (Lipinski definition) is 3. The first-order valence-corrected chi connectivity index (χ1v) is 6.66. The van der Waals surface area contributed by atoms with Crippen LogP contribution in [-0.2, 0) is 4.79 Å². The maximum atomic E-state index is 11.4. The molecule has 0 aliphatic heterocycles. The highest BCUT2D eigenvalue weighted by atomic mass is 32.2. The van der Waals surface area contributed by atoms with Gasteiger partial charge in [0.05, 0.1) is 5.75 Å². The minimum atomic E-state index is 0.0452. The van der Waals surface area contributed by atoms with Gasteiger partial charge in [-0.2, -0.15) is 11.8 Å². The van der Waals surface area contributed by atoms with Crippen molar-refractivity contribution >= 4 is 29.0 Å². The van der Waals surface area contributed by atoms with Crippen LogP contribution in [0.4, 0.5) is 11.4 Å². The molecule has 0 aliphatic carbocycles. The minimum absolute atomic E-state index is 0.0452. The molecule has 88 valence electrons. The second-order valence-corrected chi connectivity index (χ2v) is 4.41. The van der Waals surface area contributed by atoms with Crippen molar-refractivity contribution in [2.24, 2.45) is 0 Å². The molecule has 0 unspecified atom stereocenters. The Morgan fingerprint density at radius 1 is 1.50 bits per heavy atom. The van der Waals surface area contributed by atoms with Gasteiger partial charge in [-0.3, -0.25) is 4.79 Å². The van der Waals surface area contributed by atoms with Crippen molar-refractivity contribution in [1.82, 2.24) is 0 Å². The maximum Gasteiger partial charge on any atom is 0.234 e. The van der Waals surface area contributed by atoms with Crippen LogP contribution in [0, 0.1) is 0 Å². The van der Waals surface area contributed by atoms with Crippen LogP contribution in [0.15, 0.2) is 24.3 Å². The highest BCUT2D eigenvalue weighted by Crippen LogP contribution is 2.18. The largest absolute Gasteiger partial charge is 0.375 e. The standard InChI is InChI=1S/C12H18N2OS/c1-4-14(2)11-7-5-6-10(8-11)13-12(15)9-16-3/h5-8H,4,9H2,1-3H3,(H,13,15).